The van der Waals surface area contributed by atoms with Gasteiger partial charge in [0.05, 0.1) is 0 Å². The summed E-state index contributed by atoms with van der Waals surface area (Å²) in [5.41, 5.74) is 0. The summed E-state index contributed by atoms with van der Waals surface area (Å²) in [5, 5.41) is 7.95. The fourth-order valence-electron chi connectivity index (χ4n) is 0.175. The van der Waals surface area contributed by atoms with Crippen molar-refractivity contribution in [3.05, 3.63) is 0 Å². The molecule has 0 bridgehead atoms. The van der Waals surface area contributed by atoms with Gasteiger partial charge in [0, 0.05) is 14.2 Å². The van der Waals surface area contributed by atoms with Crippen LogP contribution in [0, 0.1) is 0 Å². The lowest BCUT2D eigenvalue weighted by atomic mass is 10.8. The fourth-order valence-corrected chi connectivity index (χ4v) is 0.525. The van der Waals surface area contributed by atoms with Gasteiger partial charge in [0.25, 0.3) is 0 Å². The molecule has 6 nitrogen and oxygen atoms in total. The van der Waals surface area contributed by atoms with Crippen molar-refractivity contribution < 1.29 is 28.1 Å². The van der Waals surface area contributed by atoms with E-state index in [2.05, 4.69) is 9.05 Å². The van der Waals surface area contributed by atoms with Gasteiger partial charge in [-0.2, -0.15) is 0 Å². The summed E-state index contributed by atoms with van der Waals surface area (Å²) in [7, 11) is 0.347. The van der Waals surface area contributed by atoms with Crippen LogP contribution in [-0.2, 0) is 23.0 Å². The second-order valence-electron chi connectivity index (χ2n) is 1.32. The molecule has 1 N–H and O–H groups in total. The molecule has 0 heterocycles. The molecule has 8 heteroatoms. The van der Waals surface area contributed by atoms with Crippen LogP contribution in [0.2, 0.25) is 0 Å². The molecule has 1 atom stereocenters. The Hall–Kier alpha value is -0.410. The zero-order valence-corrected chi connectivity index (χ0v) is 8.38. The summed E-state index contributed by atoms with van der Waals surface area (Å²) < 4.78 is 27.4. The third kappa shape index (κ3) is 16.3. The smallest absolute Gasteiger partial charge is 0.327 e. The third-order valence-electron chi connectivity index (χ3n) is 0.543. The van der Waals surface area contributed by atoms with Gasteiger partial charge in [-0.1, -0.05) is 0 Å². The van der Waals surface area contributed by atoms with Gasteiger partial charge in [0.1, 0.15) is 6.16 Å². The molecule has 12 heavy (non-hydrogen) atoms. The summed E-state index contributed by atoms with van der Waals surface area (Å²) in [6, 6.07) is 0. The predicted octanol–water partition coefficient (Wildman–Crippen LogP) is 1.30. The Balaban J connectivity index is 0. The minimum absolute atomic E-state index is 0.252. The van der Waals surface area contributed by atoms with Gasteiger partial charge in [0.2, 0.25) is 8.03 Å². The number of rotatable bonds is 4. The number of aliphatic carboxylic acids is 1. The highest BCUT2D eigenvalue weighted by Crippen LogP contribution is 2.18. The molecule has 0 aromatic carbocycles. The number of carboxylic acid groups (broad SMARTS) is 1. The van der Waals surface area contributed by atoms with Gasteiger partial charge >= 0.3 is 14.7 Å². The maximum Gasteiger partial charge on any atom is 0.327 e. The van der Waals surface area contributed by atoms with Gasteiger partial charge in [-0.05, 0) is 0 Å². The average Bonchev–Trinajstić information content (AvgIpc) is 2.04. The molecule has 0 amide bonds. The van der Waals surface area contributed by atoms with Gasteiger partial charge in [-0.25, -0.2) is 4.57 Å². The molecule has 0 spiro atoms. The second-order valence-corrected chi connectivity index (χ2v) is 3.19. The standard InChI is InChI=1S/C3H6O4P.CH3O2P/c1-7-8(6)2-3(4)5;1-3-4-2/h2H2,1H3,(H,4,5);1H3. The molecule has 0 aliphatic rings. The molecular weight excluding hydrogens is 206 g/mol. The van der Waals surface area contributed by atoms with E-state index in [1.807, 2.05) is 0 Å². The highest BCUT2D eigenvalue weighted by Gasteiger charge is 2.03. The van der Waals surface area contributed by atoms with E-state index >= 15 is 0 Å². The van der Waals surface area contributed by atoms with E-state index in [-0.39, 0.29) is 8.69 Å². The minimum Gasteiger partial charge on any atom is -0.481 e. The first-order valence-electron chi connectivity index (χ1n) is 2.64. The van der Waals surface area contributed by atoms with Crippen molar-refractivity contribution in [3.63, 3.8) is 0 Å². The Morgan fingerprint density at radius 3 is 2.08 bits per heavy atom. The van der Waals surface area contributed by atoms with Gasteiger partial charge in [-0.15, -0.1) is 0 Å². The van der Waals surface area contributed by atoms with Crippen LogP contribution in [0.4, 0.5) is 0 Å². The van der Waals surface area contributed by atoms with Crippen molar-refractivity contribution in [2.75, 3.05) is 20.4 Å². The monoisotopic (exact) mass is 215 g/mol. The summed E-state index contributed by atoms with van der Waals surface area (Å²) in [4.78, 5) is 9.70. The van der Waals surface area contributed by atoms with E-state index in [1.165, 1.54) is 14.2 Å². The van der Waals surface area contributed by atoms with Crippen molar-refractivity contribution in [2.24, 2.45) is 0 Å². The molecule has 0 rings (SSSR count). The fraction of sp³-hybridized carbons (Fsp3) is 0.750. The molecule has 1 unspecified atom stereocenters. The van der Waals surface area contributed by atoms with Gasteiger partial charge < -0.3 is 9.63 Å². The zero-order valence-electron chi connectivity index (χ0n) is 6.59. The molecular formula is C4H9O6P2. The lowest BCUT2D eigenvalue weighted by molar-refractivity contribution is -0.134. The number of hydrogen-bond acceptors (Lipinski definition) is 5. The van der Waals surface area contributed by atoms with Crippen molar-refractivity contribution >= 4 is 22.7 Å². The number of carbonyl (C=O) groups is 1. The Kier molecular flexibility index (Phi) is 12.5. The molecule has 0 aromatic rings. The molecule has 0 saturated carbocycles. The Labute approximate surface area is 72.0 Å². The molecule has 0 aromatic heterocycles. The van der Waals surface area contributed by atoms with Crippen LogP contribution in [-0.4, -0.2) is 31.5 Å². The summed E-state index contributed by atoms with van der Waals surface area (Å²) in [6.07, 6.45) is -0.411. The summed E-state index contributed by atoms with van der Waals surface area (Å²) in [5.74, 6) is -1.10. The largest absolute Gasteiger partial charge is 0.481 e. The lowest BCUT2D eigenvalue weighted by Crippen LogP contribution is -1.97. The van der Waals surface area contributed by atoms with Crippen LogP contribution in [0.3, 0.4) is 0 Å². The van der Waals surface area contributed by atoms with E-state index in [4.69, 9.17) is 9.67 Å². The van der Waals surface area contributed by atoms with Crippen LogP contribution < -0.4 is 0 Å². The molecule has 0 fully saturated rings. The molecule has 0 aliphatic heterocycles. The van der Waals surface area contributed by atoms with Gasteiger partial charge in [-0.3, -0.25) is 13.9 Å². The molecule has 71 valence electrons. The predicted molar refractivity (Wildman–Crippen MR) is 41.7 cm³/mol. The molecule has 1 radical (unpaired) electrons. The second kappa shape index (κ2) is 10.6. The Morgan fingerprint density at radius 2 is 2.00 bits per heavy atom. The summed E-state index contributed by atoms with van der Waals surface area (Å²) >= 11 is 0. The van der Waals surface area contributed by atoms with Crippen molar-refractivity contribution in [1.29, 1.82) is 0 Å². The molecule has 0 aliphatic carbocycles. The third-order valence-corrected chi connectivity index (χ3v) is 1.63. The van der Waals surface area contributed by atoms with E-state index < -0.39 is 20.2 Å². The van der Waals surface area contributed by atoms with E-state index in [9.17, 15) is 9.36 Å². The van der Waals surface area contributed by atoms with Crippen molar-refractivity contribution in [3.8, 4) is 0 Å². The van der Waals surface area contributed by atoms with E-state index in [0.29, 0.717) is 0 Å². The molecule has 0 saturated heterocycles. The average molecular weight is 215 g/mol. The van der Waals surface area contributed by atoms with Crippen LogP contribution in [0.5, 0.6) is 0 Å². The lowest BCUT2D eigenvalue weighted by Gasteiger charge is -1.88. The normalized spacial score (nSPS) is 10.0. The highest BCUT2D eigenvalue weighted by atomic mass is 31.1. The quantitative estimate of drug-likeness (QED) is 0.710. The van der Waals surface area contributed by atoms with E-state index in [0.717, 1.165) is 0 Å². The number of carboxylic acids is 1. The van der Waals surface area contributed by atoms with Crippen molar-refractivity contribution in [1.82, 2.24) is 0 Å². The van der Waals surface area contributed by atoms with Crippen LogP contribution in [0.15, 0.2) is 0 Å². The van der Waals surface area contributed by atoms with Crippen LogP contribution in [0.25, 0.3) is 0 Å². The highest BCUT2D eigenvalue weighted by molar-refractivity contribution is 7.40. The first-order chi connectivity index (χ1) is 5.58. The van der Waals surface area contributed by atoms with E-state index in [1.54, 1.807) is 0 Å². The topological polar surface area (TPSA) is 89.9 Å². The maximum atomic E-state index is 10.2. The number of hydrogen-bond donors (Lipinski definition) is 1. The summed E-state index contributed by atoms with van der Waals surface area (Å²) in [6.45, 7) is 0. The van der Waals surface area contributed by atoms with Gasteiger partial charge in [0.15, 0.2) is 0 Å². The first kappa shape index (κ1) is 14.1. The van der Waals surface area contributed by atoms with Crippen LogP contribution in [0.1, 0.15) is 0 Å². The minimum atomic E-state index is -1.97. The first-order valence-corrected chi connectivity index (χ1v) is 4.74. The van der Waals surface area contributed by atoms with Crippen molar-refractivity contribution in [2.45, 2.75) is 0 Å². The zero-order chi connectivity index (χ0) is 9.98. The SMILES string of the molecule is COP=O.CO[P](=O)CC(=O)O. The van der Waals surface area contributed by atoms with Crippen LogP contribution >= 0.6 is 16.7 Å². The Bertz CT molecular complexity index is 158. The Morgan fingerprint density at radius 1 is 1.58 bits per heavy atom. The maximum absolute atomic E-state index is 10.2.